The van der Waals surface area contributed by atoms with Crippen molar-refractivity contribution in [3.05, 3.63) is 96.0 Å². The fourth-order valence-corrected chi connectivity index (χ4v) is 4.61. The molecule has 39 heavy (non-hydrogen) atoms. The first kappa shape index (κ1) is 26.1. The van der Waals surface area contributed by atoms with Gasteiger partial charge in [0.05, 0.1) is 6.54 Å². The van der Waals surface area contributed by atoms with E-state index in [0.29, 0.717) is 17.1 Å². The lowest BCUT2D eigenvalue weighted by Crippen LogP contribution is -2.42. The smallest absolute Gasteiger partial charge is 0.253 e. The number of rotatable bonds is 6. The standard InChI is InChI=1S/C30H25F3N2O4/c31-23-8-5-20(6-9-23)26-17-22(7-11-25(26)27-12-10-24(39-27)18-34-29(37)38)19-1-3-21(4-2-19)28(36)35-15-13-30(32,33)14-16-35/h1-12,17,34H,13-16,18H2,(H,37,38)/p-1. The fraction of sp³-hybridized carbons (Fsp3) is 0.200. The molecule has 0 unspecified atom stereocenters. The first-order chi connectivity index (χ1) is 18.7. The van der Waals surface area contributed by atoms with E-state index in [0.717, 1.165) is 27.8 Å². The summed E-state index contributed by atoms with van der Waals surface area (Å²) in [6.45, 7) is -0.00111. The molecule has 6 nitrogen and oxygen atoms in total. The predicted molar refractivity (Wildman–Crippen MR) is 137 cm³/mol. The molecule has 1 fully saturated rings. The van der Waals surface area contributed by atoms with Gasteiger partial charge in [-0.3, -0.25) is 4.79 Å². The van der Waals surface area contributed by atoms with Gasteiger partial charge in [-0.05, 0) is 70.8 Å². The Hall–Kier alpha value is -4.53. The maximum atomic E-state index is 13.7. The van der Waals surface area contributed by atoms with Crippen molar-refractivity contribution in [1.82, 2.24) is 10.2 Å². The maximum Gasteiger partial charge on any atom is 0.253 e. The maximum absolute atomic E-state index is 13.7. The highest BCUT2D eigenvalue weighted by Gasteiger charge is 2.35. The molecular formula is C30H24F3N2O4-. The second-order valence-corrected chi connectivity index (χ2v) is 9.40. The molecule has 9 heteroatoms. The summed E-state index contributed by atoms with van der Waals surface area (Å²) in [5, 5.41) is 12.9. The fourth-order valence-electron chi connectivity index (χ4n) is 4.61. The Labute approximate surface area is 222 Å². The van der Waals surface area contributed by atoms with Crippen LogP contribution in [0.25, 0.3) is 33.6 Å². The van der Waals surface area contributed by atoms with Gasteiger partial charge in [-0.15, -0.1) is 0 Å². The Morgan fingerprint density at radius 2 is 1.49 bits per heavy atom. The number of nitrogens with one attached hydrogen (secondary N) is 1. The second-order valence-electron chi connectivity index (χ2n) is 9.40. The van der Waals surface area contributed by atoms with E-state index in [1.54, 1.807) is 48.5 Å². The van der Waals surface area contributed by atoms with Crippen molar-refractivity contribution in [1.29, 1.82) is 0 Å². The molecule has 2 amide bonds. The second kappa shape index (κ2) is 10.7. The van der Waals surface area contributed by atoms with Crippen molar-refractivity contribution in [2.45, 2.75) is 25.3 Å². The Morgan fingerprint density at radius 3 is 2.15 bits per heavy atom. The summed E-state index contributed by atoms with van der Waals surface area (Å²) >= 11 is 0. The van der Waals surface area contributed by atoms with Crippen LogP contribution < -0.4 is 10.4 Å². The van der Waals surface area contributed by atoms with Crippen LogP contribution in [0.4, 0.5) is 18.0 Å². The summed E-state index contributed by atoms with van der Waals surface area (Å²) in [5.74, 6) is -2.46. The minimum absolute atomic E-state index is 0.0217. The number of furan rings is 1. The van der Waals surface area contributed by atoms with Crippen molar-refractivity contribution in [2.24, 2.45) is 0 Å². The van der Waals surface area contributed by atoms with E-state index < -0.39 is 12.0 Å². The van der Waals surface area contributed by atoms with E-state index in [1.807, 2.05) is 18.2 Å². The van der Waals surface area contributed by atoms with Crippen LogP contribution in [0.15, 0.2) is 83.3 Å². The number of carboxylic acid groups (broad SMARTS) is 1. The number of carbonyl (C=O) groups is 2. The molecule has 0 spiro atoms. The van der Waals surface area contributed by atoms with Gasteiger partial charge in [0.1, 0.15) is 23.4 Å². The zero-order chi connectivity index (χ0) is 27.6. The van der Waals surface area contributed by atoms with Crippen LogP contribution in [0.3, 0.4) is 0 Å². The number of piperidine rings is 1. The average molecular weight is 534 g/mol. The van der Waals surface area contributed by atoms with Crippen molar-refractivity contribution in [3.8, 4) is 33.6 Å². The largest absolute Gasteiger partial charge is 0.530 e. The van der Waals surface area contributed by atoms with E-state index in [4.69, 9.17) is 4.42 Å². The molecule has 5 rings (SSSR count). The first-order valence-corrected chi connectivity index (χ1v) is 12.4. The summed E-state index contributed by atoms with van der Waals surface area (Å²) in [4.78, 5) is 25.0. The van der Waals surface area contributed by atoms with Gasteiger partial charge in [-0.2, -0.15) is 0 Å². The zero-order valence-corrected chi connectivity index (χ0v) is 20.8. The number of amides is 2. The number of halogens is 3. The monoisotopic (exact) mass is 533 g/mol. The van der Waals surface area contributed by atoms with Gasteiger partial charge in [0.15, 0.2) is 0 Å². The molecule has 1 saturated heterocycles. The number of carbonyl (C=O) groups excluding carboxylic acids is 2. The van der Waals surface area contributed by atoms with Crippen molar-refractivity contribution < 1.29 is 32.3 Å². The highest BCUT2D eigenvalue weighted by atomic mass is 19.3. The molecule has 1 N–H and O–H groups in total. The third kappa shape index (κ3) is 5.98. The molecule has 200 valence electrons. The molecule has 3 aromatic carbocycles. The average Bonchev–Trinajstić information content (AvgIpc) is 3.41. The first-order valence-electron chi connectivity index (χ1n) is 12.4. The summed E-state index contributed by atoms with van der Waals surface area (Å²) in [7, 11) is 0. The Kier molecular flexibility index (Phi) is 7.15. The van der Waals surface area contributed by atoms with Gasteiger partial charge < -0.3 is 24.5 Å². The molecule has 1 aromatic heterocycles. The molecule has 0 aliphatic carbocycles. The zero-order valence-electron chi connectivity index (χ0n) is 20.8. The van der Waals surface area contributed by atoms with E-state index in [-0.39, 0.29) is 44.2 Å². The lowest BCUT2D eigenvalue weighted by molar-refractivity contribution is -0.251. The number of nitrogens with zero attached hydrogens (tertiary/aromatic N) is 1. The highest BCUT2D eigenvalue weighted by molar-refractivity contribution is 5.95. The van der Waals surface area contributed by atoms with Crippen molar-refractivity contribution in [3.63, 3.8) is 0 Å². The number of hydrogen-bond donors (Lipinski definition) is 1. The van der Waals surface area contributed by atoms with Crippen LogP contribution in [0, 0.1) is 5.82 Å². The number of likely N-dealkylation sites (tertiary alicyclic amines) is 1. The summed E-state index contributed by atoms with van der Waals surface area (Å²) in [5.41, 5.74) is 4.31. The van der Waals surface area contributed by atoms with Crippen molar-refractivity contribution in [2.75, 3.05) is 13.1 Å². The van der Waals surface area contributed by atoms with Gasteiger partial charge in [-0.1, -0.05) is 30.3 Å². The minimum Gasteiger partial charge on any atom is -0.530 e. The van der Waals surface area contributed by atoms with Crippen LogP contribution in [0.5, 0.6) is 0 Å². The lowest BCUT2D eigenvalue weighted by Gasteiger charge is -2.31. The van der Waals surface area contributed by atoms with Gasteiger partial charge in [-0.25, -0.2) is 13.2 Å². The minimum atomic E-state index is -2.72. The third-order valence-electron chi connectivity index (χ3n) is 6.76. The van der Waals surface area contributed by atoms with Crippen molar-refractivity contribution >= 4 is 12.0 Å². The lowest BCUT2D eigenvalue weighted by atomic mass is 9.93. The molecular weight excluding hydrogens is 509 g/mol. The molecule has 1 aliphatic rings. The van der Waals surface area contributed by atoms with E-state index in [1.165, 1.54) is 17.0 Å². The molecule has 1 aliphatic heterocycles. The van der Waals surface area contributed by atoms with Gasteiger partial charge in [0, 0.05) is 37.1 Å². The molecule has 2 heterocycles. The van der Waals surface area contributed by atoms with E-state index >= 15 is 0 Å². The van der Waals surface area contributed by atoms with Crippen LogP contribution in [-0.4, -0.2) is 35.9 Å². The Balaban J connectivity index is 1.43. The molecule has 0 radical (unpaired) electrons. The van der Waals surface area contributed by atoms with Gasteiger partial charge in [0.2, 0.25) is 0 Å². The van der Waals surface area contributed by atoms with Crippen LogP contribution in [-0.2, 0) is 6.54 Å². The van der Waals surface area contributed by atoms with Crippen LogP contribution >= 0.6 is 0 Å². The van der Waals surface area contributed by atoms with E-state index in [2.05, 4.69) is 5.32 Å². The van der Waals surface area contributed by atoms with Gasteiger partial charge >= 0.3 is 0 Å². The Morgan fingerprint density at radius 1 is 0.846 bits per heavy atom. The molecule has 4 aromatic rings. The SMILES string of the molecule is O=C([O-])NCc1ccc(-c2ccc(-c3ccc(C(=O)N4CCC(F)(F)CC4)cc3)cc2-c2ccc(F)cc2)o1. The number of benzene rings is 3. The Bertz CT molecular complexity index is 1490. The van der Waals surface area contributed by atoms with Gasteiger partial charge in [0.25, 0.3) is 11.8 Å². The molecule has 0 bridgehead atoms. The van der Waals surface area contributed by atoms with E-state index in [9.17, 15) is 27.9 Å². The predicted octanol–water partition coefficient (Wildman–Crippen LogP) is 5.72. The quantitative estimate of drug-likeness (QED) is 0.343. The summed E-state index contributed by atoms with van der Waals surface area (Å²) in [6, 6.07) is 22.0. The molecule has 0 saturated carbocycles. The number of hydrogen-bond acceptors (Lipinski definition) is 4. The van der Waals surface area contributed by atoms with Crippen LogP contribution in [0.2, 0.25) is 0 Å². The normalized spacial score (nSPS) is 14.7. The summed E-state index contributed by atoms with van der Waals surface area (Å²) in [6.07, 6.45) is -2.07. The number of alkyl halides is 2. The summed E-state index contributed by atoms with van der Waals surface area (Å²) < 4.78 is 46.4. The molecule has 0 atom stereocenters. The van der Waals surface area contributed by atoms with Crippen LogP contribution in [0.1, 0.15) is 29.0 Å². The highest BCUT2D eigenvalue weighted by Crippen LogP contribution is 2.37. The third-order valence-corrected chi connectivity index (χ3v) is 6.76. The topological polar surface area (TPSA) is 85.6 Å².